The molecule has 0 aliphatic rings. The van der Waals surface area contributed by atoms with Crippen LogP contribution in [0, 0.1) is 0 Å². The van der Waals surface area contributed by atoms with Crippen molar-refractivity contribution in [1.29, 1.82) is 0 Å². The Morgan fingerprint density at radius 3 is 2.25 bits per heavy atom. The summed E-state index contributed by atoms with van der Waals surface area (Å²) in [5.74, 6) is 2.54. The van der Waals surface area contributed by atoms with Crippen LogP contribution in [0.4, 0.5) is 0 Å². The van der Waals surface area contributed by atoms with Crippen LogP contribution in [-0.4, -0.2) is 0 Å². The predicted molar refractivity (Wildman–Crippen MR) is 99.1 cm³/mol. The van der Waals surface area contributed by atoms with Gasteiger partial charge < -0.3 is 9.47 Å². The van der Waals surface area contributed by atoms with Crippen molar-refractivity contribution in [2.75, 3.05) is 0 Å². The number of benzene rings is 3. The SMILES string of the molecule is c1ccc(COc2ccc(Oc3csc4ccccc34)cc2)cc1. The van der Waals surface area contributed by atoms with Crippen molar-refractivity contribution < 1.29 is 9.47 Å². The second-order valence-electron chi connectivity index (χ2n) is 5.44. The van der Waals surface area contributed by atoms with Crippen LogP contribution < -0.4 is 9.47 Å². The fourth-order valence-electron chi connectivity index (χ4n) is 2.50. The van der Waals surface area contributed by atoms with E-state index in [1.807, 2.05) is 60.0 Å². The molecule has 1 aromatic heterocycles. The van der Waals surface area contributed by atoms with Crippen LogP contribution in [0.3, 0.4) is 0 Å². The Balaban J connectivity index is 1.44. The third-order valence-corrected chi connectivity index (χ3v) is 4.69. The molecule has 0 N–H and O–H groups in total. The Morgan fingerprint density at radius 2 is 1.42 bits per heavy atom. The van der Waals surface area contributed by atoms with Crippen LogP contribution in [0.15, 0.2) is 84.2 Å². The molecule has 0 spiro atoms. The third-order valence-electron chi connectivity index (χ3n) is 3.75. The number of rotatable bonds is 5. The van der Waals surface area contributed by atoms with Gasteiger partial charge in [0.1, 0.15) is 23.9 Å². The molecule has 0 unspecified atom stereocenters. The van der Waals surface area contributed by atoms with Gasteiger partial charge in [0, 0.05) is 15.5 Å². The zero-order valence-corrected chi connectivity index (χ0v) is 13.8. The summed E-state index contributed by atoms with van der Waals surface area (Å²) >= 11 is 1.69. The predicted octanol–water partition coefficient (Wildman–Crippen LogP) is 6.27. The first kappa shape index (κ1) is 14.8. The van der Waals surface area contributed by atoms with Gasteiger partial charge >= 0.3 is 0 Å². The Morgan fingerprint density at radius 1 is 0.708 bits per heavy atom. The van der Waals surface area contributed by atoms with E-state index < -0.39 is 0 Å². The van der Waals surface area contributed by atoms with Gasteiger partial charge in [0.05, 0.1) is 0 Å². The average molecular weight is 332 g/mol. The van der Waals surface area contributed by atoms with E-state index >= 15 is 0 Å². The van der Waals surface area contributed by atoms with Crippen LogP contribution in [-0.2, 0) is 6.61 Å². The molecule has 0 atom stereocenters. The maximum atomic E-state index is 6.00. The number of hydrogen-bond donors (Lipinski definition) is 0. The fraction of sp³-hybridized carbons (Fsp3) is 0.0476. The van der Waals surface area contributed by atoms with Gasteiger partial charge in [0.2, 0.25) is 0 Å². The molecule has 2 nitrogen and oxygen atoms in total. The molecule has 0 bridgehead atoms. The van der Waals surface area contributed by atoms with E-state index in [0.717, 1.165) is 28.2 Å². The summed E-state index contributed by atoms with van der Waals surface area (Å²) < 4.78 is 13.0. The second-order valence-corrected chi connectivity index (χ2v) is 6.36. The van der Waals surface area contributed by atoms with Gasteiger partial charge in [0.25, 0.3) is 0 Å². The molecule has 4 aromatic rings. The lowest BCUT2D eigenvalue weighted by Crippen LogP contribution is -1.94. The molecule has 0 radical (unpaired) electrons. The van der Waals surface area contributed by atoms with E-state index in [0.29, 0.717) is 6.61 Å². The van der Waals surface area contributed by atoms with E-state index in [2.05, 4.69) is 24.3 Å². The van der Waals surface area contributed by atoms with Crippen molar-refractivity contribution in [3.63, 3.8) is 0 Å². The third kappa shape index (κ3) is 3.26. The highest BCUT2D eigenvalue weighted by atomic mass is 32.1. The summed E-state index contributed by atoms with van der Waals surface area (Å²) in [7, 11) is 0. The lowest BCUT2D eigenvalue weighted by atomic mass is 10.2. The zero-order chi connectivity index (χ0) is 16.2. The van der Waals surface area contributed by atoms with E-state index in [9.17, 15) is 0 Å². The molecule has 1 heterocycles. The Labute approximate surface area is 144 Å². The van der Waals surface area contributed by atoms with Crippen molar-refractivity contribution >= 4 is 21.4 Å². The highest BCUT2D eigenvalue weighted by Crippen LogP contribution is 2.35. The van der Waals surface area contributed by atoms with Gasteiger partial charge in [0.15, 0.2) is 0 Å². The number of hydrogen-bond acceptors (Lipinski definition) is 3. The Kier molecular flexibility index (Phi) is 4.17. The Hall–Kier alpha value is -2.78. The molecule has 0 fully saturated rings. The van der Waals surface area contributed by atoms with Crippen molar-refractivity contribution in [1.82, 2.24) is 0 Å². The standard InChI is InChI=1S/C21H16O2S/c1-2-6-16(7-3-1)14-22-17-10-12-18(13-11-17)23-20-15-24-21-9-5-4-8-19(20)21/h1-13,15H,14H2. The number of thiophene rings is 1. The van der Waals surface area contributed by atoms with Crippen LogP contribution in [0.25, 0.3) is 10.1 Å². The lowest BCUT2D eigenvalue weighted by Gasteiger charge is -2.08. The van der Waals surface area contributed by atoms with E-state index in [4.69, 9.17) is 9.47 Å². The summed E-state index contributed by atoms with van der Waals surface area (Å²) in [5, 5.41) is 3.19. The maximum Gasteiger partial charge on any atom is 0.145 e. The molecular formula is C21H16O2S. The van der Waals surface area contributed by atoms with Crippen LogP contribution in [0.5, 0.6) is 17.2 Å². The quantitative estimate of drug-likeness (QED) is 0.428. The molecule has 4 rings (SSSR count). The van der Waals surface area contributed by atoms with Crippen molar-refractivity contribution in [3.05, 3.63) is 89.8 Å². The molecule has 0 saturated heterocycles. The smallest absolute Gasteiger partial charge is 0.145 e. The van der Waals surface area contributed by atoms with Crippen molar-refractivity contribution in [2.24, 2.45) is 0 Å². The minimum absolute atomic E-state index is 0.566. The van der Waals surface area contributed by atoms with Crippen molar-refractivity contribution in [2.45, 2.75) is 6.61 Å². The lowest BCUT2D eigenvalue weighted by molar-refractivity contribution is 0.306. The second kappa shape index (κ2) is 6.77. The molecule has 0 aliphatic heterocycles. The van der Waals surface area contributed by atoms with Gasteiger partial charge in [-0.15, -0.1) is 11.3 Å². The van der Waals surface area contributed by atoms with Gasteiger partial charge in [-0.1, -0.05) is 42.5 Å². The van der Waals surface area contributed by atoms with Gasteiger partial charge in [-0.05, 0) is 42.0 Å². The molecule has 3 heteroatoms. The summed E-state index contributed by atoms with van der Waals surface area (Å²) in [5.41, 5.74) is 1.16. The van der Waals surface area contributed by atoms with Gasteiger partial charge in [-0.25, -0.2) is 0 Å². The summed E-state index contributed by atoms with van der Waals surface area (Å²) in [4.78, 5) is 0. The first-order valence-corrected chi connectivity index (χ1v) is 8.67. The summed E-state index contributed by atoms with van der Waals surface area (Å²) in [6.45, 7) is 0.566. The highest BCUT2D eigenvalue weighted by Gasteiger charge is 2.06. The molecule has 0 saturated carbocycles. The van der Waals surface area contributed by atoms with Crippen LogP contribution >= 0.6 is 11.3 Å². The summed E-state index contributed by atoms with van der Waals surface area (Å²) in [6.07, 6.45) is 0. The number of ether oxygens (including phenoxy) is 2. The monoisotopic (exact) mass is 332 g/mol. The Bertz CT molecular complexity index is 927. The molecule has 3 aromatic carbocycles. The van der Waals surface area contributed by atoms with Crippen LogP contribution in [0.2, 0.25) is 0 Å². The largest absolute Gasteiger partial charge is 0.489 e. The van der Waals surface area contributed by atoms with E-state index in [1.54, 1.807) is 11.3 Å². The highest BCUT2D eigenvalue weighted by molar-refractivity contribution is 7.17. The molecular weight excluding hydrogens is 316 g/mol. The van der Waals surface area contributed by atoms with E-state index in [1.165, 1.54) is 4.70 Å². The maximum absolute atomic E-state index is 6.00. The van der Waals surface area contributed by atoms with Crippen molar-refractivity contribution in [3.8, 4) is 17.2 Å². The zero-order valence-electron chi connectivity index (χ0n) is 13.0. The molecule has 118 valence electrons. The van der Waals surface area contributed by atoms with Crippen LogP contribution in [0.1, 0.15) is 5.56 Å². The average Bonchev–Trinajstić information content (AvgIpc) is 3.05. The topological polar surface area (TPSA) is 18.5 Å². The fourth-order valence-corrected chi connectivity index (χ4v) is 3.37. The molecule has 0 aliphatic carbocycles. The first-order valence-electron chi connectivity index (χ1n) is 7.79. The van der Waals surface area contributed by atoms with E-state index in [-0.39, 0.29) is 0 Å². The molecule has 24 heavy (non-hydrogen) atoms. The first-order chi connectivity index (χ1) is 11.9. The van der Waals surface area contributed by atoms with Gasteiger partial charge in [-0.3, -0.25) is 0 Å². The summed E-state index contributed by atoms with van der Waals surface area (Å²) in [6, 6.07) is 26.2. The number of fused-ring (bicyclic) bond motifs is 1. The minimum atomic E-state index is 0.566. The normalized spacial score (nSPS) is 10.7. The van der Waals surface area contributed by atoms with Gasteiger partial charge in [-0.2, -0.15) is 0 Å². The molecule has 0 amide bonds. The minimum Gasteiger partial charge on any atom is -0.489 e.